The first-order chi connectivity index (χ1) is 11.5. The molecule has 0 spiro atoms. The van der Waals surface area contributed by atoms with Gasteiger partial charge in [0.05, 0.1) is 22.3 Å². The van der Waals surface area contributed by atoms with Crippen LogP contribution in [-0.4, -0.2) is 19.2 Å². The van der Waals surface area contributed by atoms with Gasteiger partial charge in [-0.3, -0.25) is 4.90 Å². The molecule has 3 nitrogen and oxygen atoms in total. The Labute approximate surface area is 147 Å². The topological polar surface area (TPSA) is 29.5 Å². The number of carbonyl (C=O) groups excluding carboxylic acids is 1. The van der Waals surface area contributed by atoms with Gasteiger partial charge in [0.2, 0.25) is 0 Å². The van der Waals surface area contributed by atoms with Crippen LogP contribution in [0.15, 0.2) is 36.4 Å². The Morgan fingerprint density at radius 3 is 2.54 bits per heavy atom. The van der Waals surface area contributed by atoms with Crippen LogP contribution in [0.3, 0.4) is 0 Å². The molecule has 1 fully saturated rings. The largest absolute Gasteiger partial charge is 0.449 e. The maximum Gasteiger partial charge on any atom is 0.414 e. The van der Waals surface area contributed by atoms with Gasteiger partial charge in [0, 0.05) is 18.5 Å². The minimum Gasteiger partial charge on any atom is -0.449 e. The summed E-state index contributed by atoms with van der Waals surface area (Å²) in [5, 5.41) is 0.654. The van der Waals surface area contributed by atoms with E-state index in [0.29, 0.717) is 27.7 Å². The van der Waals surface area contributed by atoms with Crippen LogP contribution in [0.5, 0.6) is 0 Å². The van der Waals surface area contributed by atoms with Crippen LogP contribution in [0.25, 0.3) is 0 Å². The zero-order valence-corrected chi connectivity index (χ0v) is 14.0. The summed E-state index contributed by atoms with van der Waals surface area (Å²) in [6.07, 6.45) is -0.251. The van der Waals surface area contributed by atoms with Crippen molar-refractivity contribution in [2.24, 2.45) is 5.92 Å². The normalized spacial score (nSPS) is 17.8. The number of cyclic esters (lactones) is 1. The predicted octanol–water partition coefficient (Wildman–Crippen LogP) is 5.09. The number of rotatable bonds is 3. The summed E-state index contributed by atoms with van der Waals surface area (Å²) in [4.78, 5) is 13.4. The Hall–Kier alpha value is -1.85. The van der Waals surface area contributed by atoms with Crippen molar-refractivity contribution >= 4 is 35.0 Å². The summed E-state index contributed by atoms with van der Waals surface area (Å²) in [7, 11) is 0. The second kappa shape index (κ2) is 6.95. The molecule has 0 N–H and O–H groups in total. The Kier molecular flexibility index (Phi) is 4.92. The van der Waals surface area contributed by atoms with Crippen LogP contribution < -0.4 is 4.90 Å². The van der Waals surface area contributed by atoms with E-state index in [1.807, 2.05) is 0 Å². The van der Waals surface area contributed by atoms with Gasteiger partial charge in [-0.2, -0.15) is 0 Å². The number of nitrogens with zero attached hydrogens (tertiary/aromatic N) is 1. The second-order valence-corrected chi connectivity index (χ2v) is 6.38. The fourth-order valence-corrected chi connectivity index (χ4v) is 3.31. The van der Waals surface area contributed by atoms with E-state index in [4.69, 9.17) is 27.9 Å². The lowest BCUT2D eigenvalue weighted by Gasteiger charge is -2.33. The number of hydrogen-bond acceptors (Lipinski definition) is 2. The van der Waals surface area contributed by atoms with Gasteiger partial charge >= 0.3 is 6.09 Å². The molecule has 1 amide bonds. The smallest absolute Gasteiger partial charge is 0.414 e. The highest BCUT2D eigenvalue weighted by molar-refractivity contribution is 6.39. The molecule has 1 aliphatic rings. The maximum absolute atomic E-state index is 13.8. The minimum absolute atomic E-state index is 0.147. The predicted molar refractivity (Wildman–Crippen MR) is 88.7 cm³/mol. The number of anilines is 1. The highest BCUT2D eigenvalue weighted by Crippen LogP contribution is 2.36. The zero-order chi connectivity index (χ0) is 17.3. The van der Waals surface area contributed by atoms with Gasteiger partial charge in [0.1, 0.15) is 11.6 Å². The summed E-state index contributed by atoms with van der Waals surface area (Å²) < 4.78 is 32.0. The lowest BCUT2D eigenvalue weighted by Crippen LogP contribution is -2.44. The standard InChI is InChI=1S/C17H13Cl2F2NO2/c18-13-2-1-3-14(19)16(13)22-8-10(9-24-17(22)23)6-11-4-5-12(20)7-15(11)21/h1-5,7,10H,6,8-9H2. The van der Waals surface area contributed by atoms with Crippen LogP contribution in [0.1, 0.15) is 5.56 Å². The number of carbonyl (C=O) groups is 1. The van der Waals surface area contributed by atoms with Crippen molar-refractivity contribution < 1.29 is 18.3 Å². The number of para-hydroxylation sites is 1. The van der Waals surface area contributed by atoms with Gasteiger partial charge in [-0.25, -0.2) is 13.6 Å². The van der Waals surface area contributed by atoms with Crippen molar-refractivity contribution in [2.75, 3.05) is 18.1 Å². The van der Waals surface area contributed by atoms with Crippen LogP contribution in [0, 0.1) is 17.6 Å². The van der Waals surface area contributed by atoms with E-state index in [2.05, 4.69) is 0 Å². The van der Waals surface area contributed by atoms with Crippen molar-refractivity contribution in [3.63, 3.8) is 0 Å². The van der Waals surface area contributed by atoms with Crippen molar-refractivity contribution in [1.29, 1.82) is 0 Å². The van der Waals surface area contributed by atoms with Crippen molar-refractivity contribution in [3.8, 4) is 0 Å². The Morgan fingerprint density at radius 1 is 1.17 bits per heavy atom. The molecule has 0 aromatic heterocycles. The van der Waals surface area contributed by atoms with E-state index in [1.54, 1.807) is 18.2 Å². The molecule has 1 aliphatic heterocycles. The first-order valence-corrected chi connectivity index (χ1v) is 8.03. The highest BCUT2D eigenvalue weighted by Gasteiger charge is 2.31. The molecular formula is C17H13Cl2F2NO2. The zero-order valence-electron chi connectivity index (χ0n) is 12.4. The van der Waals surface area contributed by atoms with Crippen LogP contribution in [0.2, 0.25) is 10.0 Å². The summed E-state index contributed by atoms with van der Waals surface area (Å²) in [5.74, 6) is -1.42. The molecule has 0 bridgehead atoms. The lowest BCUT2D eigenvalue weighted by molar-refractivity contribution is 0.114. The molecule has 126 valence electrons. The maximum atomic E-state index is 13.8. The lowest BCUT2D eigenvalue weighted by atomic mass is 9.98. The van der Waals surface area contributed by atoms with Crippen LogP contribution in [-0.2, 0) is 11.2 Å². The molecule has 0 radical (unpaired) electrons. The number of ether oxygens (including phenoxy) is 1. The molecule has 2 aromatic carbocycles. The minimum atomic E-state index is -0.629. The van der Waals surface area contributed by atoms with Gasteiger partial charge in [-0.05, 0) is 30.2 Å². The third-order valence-corrected chi connectivity index (χ3v) is 4.44. The molecule has 7 heteroatoms. The van der Waals surface area contributed by atoms with Gasteiger partial charge in [-0.15, -0.1) is 0 Å². The second-order valence-electron chi connectivity index (χ2n) is 5.56. The number of amides is 1. The molecule has 1 atom stereocenters. The van der Waals surface area contributed by atoms with E-state index < -0.39 is 17.7 Å². The number of halogens is 4. The molecule has 1 unspecified atom stereocenters. The SMILES string of the molecule is O=C1OCC(Cc2ccc(F)cc2F)CN1c1c(Cl)cccc1Cl. The van der Waals surface area contributed by atoms with Crippen LogP contribution >= 0.6 is 23.2 Å². The average Bonchev–Trinajstić information content (AvgIpc) is 2.53. The first kappa shape index (κ1) is 17.0. The van der Waals surface area contributed by atoms with E-state index >= 15 is 0 Å². The quantitative estimate of drug-likeness (QED) is 0.752. The molecule has 0 saturated carbocycles. The average molecular weight is 372 g/mol. The summed E-state index contributed by atoms with van der Waals surface area (Å²) >= 11 is 12.3. The van der Waals surface area contributed by atoms with E-state index in [9.17, 15) is 13.6 Å². The monoisotopic (exact) mass is 371 g/mol. The van der Waals surface area contributed by atoms with Gasteiger partial charge < -0.3 is 4.74 Å². The molecule has 2 aromatic rings. The summed E-state index contributed by atoms with van der Waals surface area (Å²) in [6, 6.07) is 8.37. The van der Waals surface area contributed by atoms with Gasteiger partial charge in [0.25, 0.3) is 0 Å². The highest BCUT2D eigenvalue weighted by atomic mass is 35.5. The number of hydrogen-bond donors (Lipinski definition) is 0. The molecule has 0 aliphatic carbocycles. The third kappa shape index (κ3) is 3.47. The van der Waals surface area contributed by atoms with Crippen molar-refractivity contribution in [1.82, 2.24) is 0 Å². The Balaban J connectivity index is 1.82. The van der Waals surface area contributed by atoms with E-state index in [1.165, 1.54) is 17.0 Å². The molecule has 1 heterocycles. The fraction of sp³-hybridized carbons (Fsp3) is 0.235. The van der Waals surface area contributed by atoms with Crippen molar-refractivity contribution in [2.45, 2.75) is 6.42 Å². The summed E-state index contributed by atoms with van der Waals surface area (Å²) in [5.41, 5.74) is 0.736. The van der Waals surface area contributed by atoms with Crippen molar-refractivity contribution in [3.05, 3.63) is 63.6 Å². The van der Waals surface area contributed by atoms with E-state index in [0.717, 1.165) is 6.07 Å². The molecular weight excluding hydrogens is 359 g/mol. The molecule has 3 rings (SSSR count). The van der Waals surface area contributed by atoms with Gasteiger partial charge in [0.15, 0.2) is 0 Å². The van der Waals surface area contributed by atoms with Crippen LogP contribution in [0.4, 0.5) is 19.3 Å². The van der Waals surface area contributed by atoms with E-state index in [-0.39, 0.29) is 19.1 Å². The summed E-state index contributed by atoms with van der Waals surface area (Å²) in [6.45, 7) is 0.424. The number of benzene rings is 2. The molecule has 1 saturated heterocycles. The first-order valence-electron chi connectivity index (χ1n) is 7.28. The van der Waals surface area contributed by atoms with Gasteiger partial charge in [-0.1, -0.05) is 35.3 Å². The Morgan fingerprint density at radius 2 is 1.88 bits per heavy atom. The molecule has 24 heavy (non-hydrogen) atoms. The Bertz CT molecular complexity index is 765. The third-order valence-electron chi connectivity index (χ3n) is 3.83. The fourth-order valence-electron chi connectivity index (χ4n) is 2.70.